The number of nitrogens with zero attached hydrogens (tertiary/aromatic N) is 3. The summed E-state index contributed by atoms with van der Waals surface area (Å²) in [5, 5.41) is 0. The number of piperidine rings is 1. The largest absolute Gasteiger partial charge is 0.337 e. The molecule has 1 saturated heterocycles. The Kier molecular flexibility index (Phi) is 4.45. The summed E-state index contributed by atoms with van der Waals surface area (Å²) in [4.78, 5) is 18.9. The van der Waals surface area contributed by atoms with Crippen molar-refractivity contribution in [2.24, 2.45) is 0 Å². The summed E-state index contributed by atoms with van der Waals surface area (Å²) in [7, 11) is -3.35. The highest BCUT2D eigenvalue weighted by Crippen LogP contribution is 2.24. The quantitative estimate of drug-likeness (QED) is 0.852. The van der Waals surface area contributed by atoms with Crippen LogP contribution in [0.5, 0.6) is 0 Å². The van der Waals surface area contributed by atoms with Crippen molar-refractivity contribution < 1.29 is 13.2 Å². The Morgan fingerprint density at radius 1 is 1.33 bits per heavy atom. The number of likely N-dealkylation sites (tertiary alicyclic amines) is 1. The molecule has 128 valence electrons. The molecule has 0 saturated carbocycles. The molecule has 0 spiro atoms. The molecule has 1 fully saturated rings. The Bertz CT molecular complexity index is 844. The van der Waals surface area contributed by atoms with Crippen LogP contribution in [-0.4, -0.2) is 48.1 Å². The molecular formula is C17H21N3O3S. The molecular weight excluding hydrogens is 326 g/mol. The Balaban J connectivity index is 1.84. The van der Waals surface area contributed by atoms with Crippen molar-refractivity contribution in [3.05, 3.63) is 48.0 Å². The standard InChI is InChI=1S/C17H21N3O3S/c1-13-5-6-14(10-16(13)24(2,22)23)17(21)19-8-3-4-15(11-19)20-9-7-18-12-20/h5-7,9-10,12,15H,3-4,8,11H2,1-2H3/t15-/m1/s1. The van der Waals surface area contributed by atoms with E-state index in [4.69, 9.17) is 0 Å². The third-order valence-corrected chi connectivity index (χ3v) is 5.70. The molecule has 2 heterocycles. The number of hydrogen-bond donors (Lipinski definition) is 0. The first-order chi connectivity index (χ1) is 11.4. The van der Waals surface area contributed by atoms with Crippen molar-refractivity contribution in [1.29, 1.82) is 0 Å². The lowest BCUT2D eigenvalue weighted by Crippen LogP contribution is -2.40. The Labute approximate surface area is 142 Å². The lowest BCUT2D eigenvalue weighted by Gasteiger charge is -2.33. The van der Waals surface area contributed by atoms with Crippen molar-refractivity contribution in [2.75, 3.05) is 19.3 Å². The molecule has 1 aliphatic heterocycles. The second-order valence-electron chi connectivity index (χ2n) is 6.31. The van der Waals surface area contributed by atoms with Gasteiger partial charge in [0.2, 0.25) is 0 Å². The van der Waals surface area contributed by atoms with Gasteiger partial charge < -0.3 is 9.47 Å². The van der Waals surface area contributed by atoms with Gasteiger partial charge in [0.1, 0.15) is 0 Å². The van der Waals surface area contributed by atoms with Gasteiger partial charge in [0.15, 0.2) is 9.84 Å². The Hall–Kier alpha value is -2.15. The molecule has 0 radical (unpaired) electrons. The zero-order chi connectivity index (χ0) is 17.3. The van der Waals surface area contributed by atoms with Crippen LogP contribution in [0.1, 0.15) is 34.8 Å². The number of aromatic nitrogens is 2. The van der Waals surface area contributed by atoms with Gasteiger partial charge in [-0.15, -0.1) is 0 Å². The van der Waals surface area contributed by atoms with E-state index >= 15 is 0 Å². The molecule has 0 bridgehead atoms. The van der Waals surface area contributed by atoms with E-state index in [1.165, 1.54) is 12.3 Å². The SMILES string of the molecule is Cc1ccc(C(=O)N2CCC[C@@H](n3ccnc3)C2)cc1S(C)(=O)=O. The molecule has 1 aromatic carbocycles. The van der Waals surface area contributed by atoms with E-state index in [1.807, 2.05) is 10.8 Å². The fraction of sp³-hybridized carbons (Fsp3) is 0.412. The van der Waals surface area contributed by atoms with E-state index in [0.717, 1.165) is 12.8 Å². The van der Waals surface area contributed by atoms with Gasteiger partial charge in [0, 0.05) is 37.3 Å². The summed E-state index contributed by atoms with van der Waals surface area (Å²) in [6.45, 7) is 3.03. The van der Waals surface area contributed by atoms with Crippen LogP contribution in [0.4, 0.5) is 0 Å². The number of aryl methyl sites for hydroxylation is 1. The van der Waals surface area contributed by atoms with Gasteiger partial charge in [-0.05, 0) is 37.5 Å². The zero-order valence-corrected chi connectivity index (χ0v) is 14.7. The summed E-state index contributed by atoms with van der Waals surface area (Å²) >= 11 is 0. The van der Waals surface area contributed by atoms with E-state index in [2.05, 4.69) is 4.98 Å². The topological polar surface area (TPSA) is 72.3 Å². The first-order valence-electron chi connectivity index (χ1n) is 7.93. The average Bonchev–Trinajstić information content (AvgIpc) is 3.08. The molecule has 1 atom stereocenters. The van der Waals surface area contributed by atoms with Crippen LogP contribution in [0.25, 0.3) is 0 Å². The minimum absolute atomic E-state index is 0.121. The van der Waals surface area contributed by atoms with Crippen molar-refractivity contribution in [3.8, 4) is 0 Å². The van der Waals surface area contributed by atoms with E-state index in [1.54, 1.807) is 36.5 Å². The molecule has 1 aliphatic rings. The molecule has 6 nitrogen and oxygen atoms in total. The first-order valence-corrected chi connectivity index (χ1v) is 9.83. The summed E-state index contributed by atoms with van der Waals surface area (Å²) in [5.41, 5.74) is 1.08. The van der Waals surface area contributed by atoms with Crippen LogP contribution >= 0.6 is 0 Å². The summed E-state index contributed by atoms with van der Waals surface area (Å²) in [5.74, 6) is -0.121. The number of amides is 1. The van der Waals surface area contributed by atoms with Crippen LogP contribution in [0.3, 0.4) is 0 Å². The van der Waals surface area contributed by atoms with Gasteiger partial charge in [-0.1, -0.05) is 6.07 Å². The predicted molar refractivity (Wildman–Crippen MR) is 90.7 cm³/mol. The zero-order valence-electron chi connectivity index (χ0n) is 13.8. The molecule has 2 aromatic rings. The first kappa shape index (κ1) is 16.7. The number of carbonyl (C=O) groups is 1. The highest BCUT2D eigenvalue weighted by atomic mass is 32.2. The summed E-state index contributed by atoms with van der Waals surface area (Å²) in [6.07, 6.45) is 8.50. The van der Waals surface area contributed by atoms with Crippen molar-refractivity contribution >= 4 is 15.7 Å². The lowest BCUT2D eigenvalue weighted by molar-refractivity contribution is 0.0679. The smallest absolute Gasteiger partial charge is 0.253 e. The number of carbonyl (C=O) groups excluding carboxylic acids is 1. The predicted octanol–water partition coefficient (Wildman–Crippen LogP) is 2.07. The third kappa shape index (κ3) is 3.36. The molecule has 1 amide bonds. The number of imidazole rings is 1. The highest BCUT2D eigenvalue weighted by molar-refractivity contribution is 7.90. The molecule has 24 heavy (non-hydrogen) atoms. The van der Waals surface area contributed by atoms with E-state index in [-0.39, 0.29) is 16.8 Å². The van der Waals surface area contributed by atoms with Gasteiger partial charge in [0.05, 0.1) is 17.3 Å². The molecule has 0 unspecified atom stereocenters. The maximum absolute atomic E-state index is 12.8. The maximum Gasteiger partial charge on any atom is 0.253 e. The second kappa shape index (κ2) is 6.39. The van der Waals surface area contributed by atoms with Crippen LogP contribution < -0.4 is 0 Å². The number of rotatable bonds is 3. The number of sulfone groups is 1. The molecule has 0 N–H and O–H groups in total. The third-order valence-electron chi connectivity index (χ3n) is 4.46. The van der Waals surface area contributed by atoms with Crippen LogP contribution in [0, 0.1) is 6.92 Å². The second-order valence-corrected chi connectivity index (χ2v) is 8.29. The van der Waals surface area contributed by atoms with Crippen molar-refractivity contribution in [1.82, 2.24) is 14.5 Å². The summed E-state index contributed by atoms with van der Waals surface area (Å²) in [6, 6.07) is 5.10. The fourth-order valence-electron chi connectivity index (χ4n) is 3.18. The number of hydrogen-bond acceptors (Lipinski definition) is 4. The van der Waals surface area contributed by atoms with Crippen LogP contribution in [0.2, 0.25) is 0 Å². The average molecular weight is 347 g/mol. The molecule has 3 rings (SSSR count). The number of benzene rings is 1. The Morgan fingerprint density at radius 3 is 2.79 bits per heavy atom. The van der Waals surface area contributed by atoms with Gasteiger partial charge >= 0.3 is 0 Å². The fourth-order valence-corrected chi connectivity index (χ4v) is 4.18. The highest BCUT2D eigenvalue weighted by Gasteiger charge is 2.26. The minimum Gasteiger partial charge on any atom is -0.337 e. The van der Waals surface area contributed by atoms with Crippen LogP contribution in [0.15, 0.2) is 41.8 Å². The van der Waals surface area contributed by atoms with E-state index in [0.29, 0.717) is 24.2 Å². The van der Waals surface area contributed by atoms with Gasteiger partial charge in [-0.3, -0.25) is 4.79 Å². The van der Waals surface area contributed by atoms with Crippen molar-refractivity contribution in [2.45, 2.75) is 30.7 Å². The van der Waals surface area contributed by atoms with E-state index < -0.39 is 9.84 Å². The minimum atomic E-state index is -3.35. The van der Waals surface area contributed by atoms with Gasteiger partial charge in [-0.25, -0.2) is 13.4 Å². The normalized spacial score (nSPS) is 18.6. The van der Waals surface area contributed by atoms with Gasteiger partial charge in [-0.2, -0.15) is 0 Å². The summed E-state index contributed by atoms with van der Waals surface area (Å²) < 4.78 is 25.8. The lowest BCUT2D eigenvalue weighted by atomic mass is 10.0. The molecule has 1 aromatic heterocycles. The van der Waals surface area contributed by atoms with Crippen molar-refractivity contribution in [3.63, 3.8) is 0 Å². The maximum atomic E-state index is 12.8. The van der Waals surface area contributed by atoms with Gasteiger partial charge in [0.25, 0.3) is 5.91 Å². The van der Waals surface area contributed by atoms with Crippen LogP contribution in [-0.2, 0) is 9.84 Å². The molecule has 7 heteroatoms. The van der Waals surface area contributed by atoms with E-state index in [9.17, 15) is 13.2 Å². The Morgan fingerprint density at radius 2 is 2.12 bits per heavy atom. The monoisotopic (exact) mass is 347 g/mol. The molecule has 0 aliphatic carbocycles.